The van der Waals surface area contributed by atoms with E-state index in [9.17, 15) is 13.2 Å². The molecular formula is C22H20ClIN2O3S. The minimum absolute atomic E-state index is 0.0811. The molecule has 0 aromatic heterocycles. The van der Waals surface area contributed by atoms with E-state index in [1.165, 1.54) is 28.6 Å². The smallest absolute Gasteiger partial charge is 0.243 e. The van der Waals surface area contributed by atoms with Crippen LogP contribution in [0.2, 0.25) is 5.02 Å². The lowest BCUT2D eigenvalue weighted by Gasteiger charge is -2.23. The largest absolute Gasteiger partial charge is 0.325 e. The quantitative estimate of drug-likeness (QED) is 0.414. The van der Waals surface area contributed by atoms with Gasteiger partial charge in [-0.2, -0.15) is 4.31 Å². The Bertz CT molecular complexity index is 1130. The average Bonchev–Trinajstić information content (AvgIpc) is 2.71. The Balaban J connectivity index is 1.88. The number of nitrogens with zero attached hydrogens (tertiary/aromatic N) is 1. The molecule has 0 aliphatic rings. The summed E-state index contributed by atoms with van der Waals surface area (Å²) in [6.07, 6.45) is 0. The molecule has 0 heterocycles. The van der Waals surface area contributed by atoms with Gasteiger partial charge in [0.2, 0.25) is 15.9 Å². The summed E-state index contributed by atoms with van der Waals surface area (Å²) in [7, 11) is -3.91. The SMILES string of the molecule is Cc1ccccc1CN(CC(=O)Nc1ccc(I)cc1)S(=O)(=O)c1ccc(Cl)cc1. The summed E-state index contributed by atoms with van der Waals surface area (Å²) in [4.78, 5) is 12.8. The van der Waals surface area contributed by atoms with Crippen molar-refractivity contribution in [2.75, 3.05) is 11.9 Å². The molecule has 3 aromatic rings. The maximum Gasteiger partial charge on any atom is 0.243 e. The molecule has 0 unspecified atom stereocenters. The average molecular weight is 555 g/mol. The number of carbonyl (C=O) groups excluding carboxylic acids is 1. The van der Waals surface area contributed by atoms with Crippen LogP contribution in [-0.2, 0) is 21.4 Å². The molecule has 1 amide bonds. The Morgan fingerprint density at radius 3 is 2.27 bits per heavy atom. The Kier molecular flexibility index (Phi) is 7.51. The highest BCUT2D eigenvalue weighted by Gasteiger charge is 2.27. The number of amides is 1. The number of nitrogens with one attached hydrogen (secondary N) is 1. The van der Waals surface area contributed by atoms with E-state index in [2.05, 4.69) is 27.9 Å². The van der Waals surface area contributed by atoms with Crippen molar-refractivity contribution in [1.29, 1.82) is 0 Å². The molecule has 0 bridgehead atoms. The molecule has 1 N–H and O–H groups in total. The summed E-state index contributed by atoms with van der Waals surface area (Å²) in [5.74, 6) is -0.415. The second kappa shape index (κ2) is 9.91. The number of rotatable bonds is 7. The number of aryl methyl sites for hydroxylation is 1. The number of hydrogen-bond acceptors (Lipinski definition) is 3. The van der Waals surface area contributed by atoms with Gasteiger partial charge in [-0.1, -0.05) is 35.9 Å². The zero-order valence-electron chi connectivity index (χ0n) is 16.2. The fourth-order valence-corrected chi connectivity index (χ4v) is 4.71. The van der Waals surface area contributed by atoms with E-state index in [1.807, 2.05) is 43.3 Å². The molecule has 3 rings (SSSR count). The Morgan fingerprint density at radius 1 is 1.00 bits per heavy atom. The third-order valence-corrected chi connectivity index (χ3v) is 7.28. The van der Waals surface area contributed by atoms with Crippen molar-refractivity contribution in [3.63, 3.8) is 0 Å². The lowest BCUT2D eigenvalue weighted by Crippen LogP contribution is -2.37. The molecule has 0 atom stereocenters. The van der Waals surface area contributed by atoms with E-state index < -0.39 is 15.9 Å². The molecule has 0 radical (unpaired) electrons. The Labute approximate surface area is 195 Å². The van der Waals surface area contributed by atoms with Gasteiger partial charge >= 0.3 is 0 Å². The van der Waals surface area contributed by atoms with Crippen molar-refractivity contribution in [1.82, 2.24) is 4.31 Å². The van der Waals surface area contributed by atoms with Crippen LogP contribution >= 0.6 is 34.2 Å². The molecule has 5 nitrogen and oxygen atoms in total. The van der Waals surface area contributed by atoms with Gasteiger partial charge in [0.15, 0.2) is 0 Å². The second-order valence-corrected chi connectivity index (χ2v) is 10.3. The van der Waals surface area contributed by atoms with Gasteiger partial charge < -0.3 is 5.32 Å². The van der Waals surface area contributed by atoms with Crippen molar-refractivity contribution < 1.29 is 13.2 Å². The normalized spacial score (nSPS) is 11.5. The summed E-state index contributed by atoms with van der Waals surface area (Å²) >= 11 is 8.08. The van der Waals surface area contributed by atoms with Crippen LogP contribution < -0.4 is 5.32 Å². The minimum atomic E-state index is -3.91. The van der Waals surface area contributed by atoms with Crippen LogP contribution in [0.25, 0.3) is 0 Å². The van der Waals surface area contributed by atoms with Gasteiger partial charge in [0, 0.05) is 20.8 Å². The van der Waals surface area contributed by atoms with Crippen LogP contribution in [0, 0.1) is 10.5 Å². The molecule has 0 spiro atoms. The highest BCUT2D eigenvalue weighted by Crippen LogP contribution is 2.22. The van der Waals surface area contributed by atoms with Gasteiger partial charge in [0.25, 0.3) is 0 Å². The standard InChI is InChI=1S/C22H20ClIN2O3S/c1-16-4-2-3-5-17(16)14-26(30(28,29)21-12-6-18(23)7-13-21)15-22(27)25-20-10-8-19(24)9-11-20/h2-13H,14-15H2,1H3,(H,25,27). The maximum atomic E-state index is 13.3. The number of carbonyl (C=O) groups is 1. The summed E-state index contributed by atoms with van der Waals surface area (Å²) in [5, 5.41) is 3.20. The van der Waals surface area contributed by atoms with Crippen LogP contribution in [0.1, 0.15) is 11.1 Å². The molecule has 0 saturated carbocycles. The van der Waals surface area contributed by atoms with E-state index in [-0.39, 0.29) is 18.0 Å². The van der Waals surface area contributed by atoms with Crippen LogP contribution in [0.4, 0.5) is 5.69 Å². The van der Waals surface area contributed by atoms with Crippen molar-refractivity contribution in [3.05, 3.63) is 92.5 Å². The lowest BCUT2D eigenvalue weighted by atomic mass is 10.1. The summed E-state index contributed by atoms with van der Waals surface area (Å²) in [6, 6.07) is 20.7. The Hall–Kier alpha value is -1.94. The first-order valence-electron chi connectivity index (χ1n) is 9.11. The molecule has 30 heavy (non-hydrogen) atoms. The molecule has 0 aliphatic heterocycles. The molecular weight excluding hydrogens is 535 g/mol. The third kappa shape index (κ3) is 5.81. The van der Waals surface area contributed by atoms with E-state index in [0.29, 0.717) is 10.7 Å². The predicted octanol–water partition coefficient (Wildman–Crippen LogP) is 5.08. The summed E-state index contributed by atoms with van der Waals surface area (Å²) in [6.45, 7) is 1.68. The van der Waals surface area contributed by atoms with Gasteiger partial charge in [-0.05, 0) is 89.2 Å². The number of hydrogen-bond donors (Lipinski definition) is 1. The maximum absolute atomic E-state index is 13.3. The molecule has 0 fully saturated rings. The molecule has 8 heteroatoms. The van der Waals surface area contributed by atoms with Crippen LogP contribution in [0.15, 0.2) is 77.7 Å². The van der Waals surface area contributed by atoms with Crippen molar-refractivity contribution in [2.24, 2.45) is 0 Å². The fourth-order valence-electron chi connectivity index (χ4n) is 2.85. The van der Waals surface area contributed by atoms with Gasteiger partial charge in [0.1, 0.15) is 0 Å². The monoisotopic (exact) mass is 554 g/mol. The number of halogens is 2. The van der Waals surface area contributed by atoms with E-state index >= 15 is 0 Å². The first-order chi connectivity index (χ1) is 14.3. The molecule has 0 saturated heterocycles. The van der Waals surface area contributed by atoms with E-state index in [0.717, 1.165) is 14.7 Å². The van der Waals surface area contributed by atoms with E-state index in [4.69, 9.17) is 11.6 Å². The van der Waals surface area contributed by atoms with Gasteiger partial charge in [-0.15, -0.1) is 0 Å². The first-order valence-corrected chi connectivity index (χ1v) is 12.0. The zero-order chi connectivity index (χ0) is 21.7. The third-order valence-electron chi connectivity index (χ3n) is 4.51. The Morgan fingerprint density at radius 2 is 1.63 bits per heavy atom. The van der Waals surface area contributed by atoms with Crippen molar-refractivity contribution >= 4 is 55.8 Å². The zero-order valence-corrected chi connectivity index (χ0v) is 19.9. The number of benzene rings is 3. The number of sulfonamides is 1. The van der Waals surface area contributed by atoms with Crippen LogP contribution in [0.5, 0.6) is 0 Å². The van der Waals surface area contributed by atoms with Gasteiger partial charge in [0.05, 0.1) is 11.4 Å². The van der Waals surface area contributed by atoms with Crippen LogP contribution in [0.3, 0.4) is 0 Å². The summed E-state index contributed by atoms with van der Waals surface area (Å²) in [5.41, 5.74) is 2.39. The number of anilines is 1. The van der Waals surface area contributed by atoms with E-state index in [1.54, 1.807) is 12.1 Å². The van der Waals surface area contributed by atoms with Crippen molar-refractivity contribution in [2.45, 2.75) is 18.4 Å². The van der Waals surface area contributed by atoms with Crippen LogP contribution in [-0.4, -0.2) is 25.2 Å². The van der Waals surface area contributed by atoms with Crippen molar-refractivity contribution in [3.8, 4) is 0 Å². The molecule has 3 aromatic carbocycles. The minimum Gasteiger partial charge on any atom is -0.325 e. The first kappa shape index (κ1) is 22.7. The highest BCUT2D eigenvalue weighted by molar-refractivity contribution is 14.1. The predicted molar refractivity (Wildman–Crippen MR) is 128 cm³/mol. The second-order valence-electron chi connectivity index (χ2n) is 6.71. The summed E-state index contributed by atoms with van der Waals surface area (Å²) < 4.78 is 28.8. The molecule has 0 aliphatic carbocycles. The molecule has 156 valence electrons. The highest BCUT2D eigenvalue weighted by atomic mass is 127. The fraction of sp³-hybridized carbons (Fsp3) is 0.136. The topological polar surface area (TPSA) is 66.5 Å². The van der Waals surface area contributed by atoms with Gasteiger partial charge in [-0.3, -0.25) is 4.79 Å². The van der Waals surface area contributed by atoms with Gasteiger partial charge in [-0.25, -0.2) is 8.42 Å². The lowest BCUT2D eigenvalue weighted by molar-refractivity contribution is -0.116.